The molecule has 1 saturated heterocycles. The Bertz CT molecular complexity index is 1020. The van der Waals surface area contributed by atoms with Crippen molar-refractivity contribution < 1.29 is 9.59 Å². The minimum atomic E-state index is -0.520. The van der Waals surface area contributed by atoms with Crippen LogP contribution in [0.3, 0.4) is 0 Å². The van der Waals surface area contributed by atoms with E-state index >= 15 is 0 Å². The second kappa shape index (κ2) is 8.45. The maximum absolute atomic E-state index is 12.8. The fraction of sp³-hybridized carbons (Fsp3) is 0.238. The van der Waals surface area contributed by atoms with Gasteiger partial charge in [-0.1, -0.05) is 54.1 Å². The van der Waals surface area contributed by atoms with Gasteiger partial charge in [0.05, 0.1) is 11.4 Å². The molecule has 0 spiro atoms. The number of carbonyl (C=O) groups excluding carboxylic acids is 2. The molecule has 1 aromatic heterocycles. The molecule has 0 saturated carbocycles. The lowest BCUT2D eigenvalue weighted by Crippen LogP contribution is -2.44. The Morgan fingerprint density at radius 3 is 2.69 bits per heavy atom. The third-order valence-electron chi connectivity index (χ3n) is 4.92. The summed E-state index contributed by atoms with van der Waals surface area (Å²) >= 11 is 6.18. The topological polar surface area (TPSA) is 91.0 Å². The molecule has 0 aliphatic carbocycles. The number of rotatable bonds is 5. The molecule has 0 radical (unpaired) electrons. The molecule has 3 aromatic rings. The van der Waals surface area contributed by atoms with Crippen LogP contribution in [0.5, 0.6) is 0 Å². The number of likely N-dealkylation sites (tertiary alicyclic amines) is 1. The molecule has 2 heterocycles. The zero-order chi connectivity index (χ0) is 20.2. The number of benzene rings is 2. The summed E-state index contributed by atoms with van der Waals surface area (Å²) in [6, 6.07) is 16.2. The SMILES string of the molecule is O=C(Nc1n[nH]c(-c2ccccc2Cl)n1)C1CCCN1C(=O)Cc1ccccc1. The predicted molar refractivity (Wildman–Crippen MR) is 110 cm³/mol. The lowest BCUT2D eigenvalue weighted by Gasteiger charge is -2.23. The van der Waals surface area contributed by atoms with E-state index in [0.717, 1.165) is 12.0 Å². The Kier molecular flexibility index (Phi) is 5.57. The van der Waals surface area contributed by atoms with Gasteiger partial charge in [-0.05, 0) is 30.5 Å². The van der Waals surface area contributed by atoms with Crippen LogP contribution in [0.2, 0.25) is 5.02 Å². The van der Waals surface area contributed by atoms with Gasteiger partial charge >= 0.3 is 0 Å². The number of anilines is 1. The Morgan fingerprint density at radius 2 is 1.90 bits per heavy atom. The Balaban J connectivity index is 1.43. The Morgan fingerprint density at radius 1 is 1.14 bits per heavy atom. The normalized spacial score (nSPS) is 16.0. The lowest BCUT2D eigenvalue weighted by molar-refractivity contribution is -0.136. The van der Waals surface area contributed by atoms with Gasteiger partial charge in [-0.2, -0.15) is 4.98 Å². The molecule has 1 fully saturated rings. The molecule has 148 valence electrons. The monoisotopic (exact) mass is 409 g/mol. The zero-order valence-corrected chi connectivity index (χ0v) is 16.4. The average molecular weight is 410 g/mol. The van der Waals surface area contributed by atoms with E-state index in [1.54, 1.807) is 11.0 Å². The number of hydrogen-bond acceptors (Lipinski definition) is 4. The summed E-state index contributed by atoms with van der Waals surface area (Å²) in [5.41, 5.74) is 1.63. The molecule has 1 unspecified atom stereocenters. The molecule has 1 aliphatic rings. The van der Waals surface area contributed by atoms with Crippen LogP contribution in [-0.2, 0) is 16.0 Å². The first-order chi connectivity index (χ1) is 14.1. The minimum absolute atomic E-state index is 0.0550. The van der Waals surface area contributed by atoms with Crippen molar-refractivity contribution in [2.24, 2.45) is 0 Å². The average Bonchev–Trinajstić information content (AvgIpc) is 3.39. The lowest BCUT2D eigenvalue weighted by atomic mass is 10.1. The number of nitrogens with zero attached hydrogens (tertiary/aromatic N) is 3. The molecule has 8 heteroatoms. The summed E-state index contributed by atoms with van der Waals surface area (Å²) < 4.78 is 0. The number of H-pyrrole nitrogens is 1. The van der Waals surface area contributed by atoms with Crippen LogP contribution in [-0.4, -0.2) is 44.5 Å². The molecule has 29 heavy (non-hydrogen) atoms. The van der Waals surface area contributed by atoms with Gasteiger partial charge in [-0.25, -0.2) is 0 Å². The van der Waals surface area contributed by atoms with Gasteiger partial charge in [0.2, 0.25) is 17.8 Å². The molecule has 1 aliphatic heterocycles. The third-order valence-corrected chi connectivity index (χ3v) is 5.25. The van der Waals surface area contributed by atoms with Gasteiger partial charge in [0.1, 0.15) is 6.04 Å². The molecular formula is C21H20ClN5O2. The van der Waals surface area contributed by atoms with Crippen LogP contribution >= 0.6 is 11.6 Å². The van der Waals surface area contributed by atoms with Crippen LogP contribution in [0, 0.1) is 0 Å². The van der Waals surface area contributed by atoms with Crippen molar-refractivity contribution in [1.29, 1.82) is 0 Å². The van der Waals surface area contributed by atoms with Gasteiger partial charge < -0.3 is 4.90 Å². The van der Waals surface area contributed by atoms with E-state index in [0.29, 0.717) is 29.4 Å². The van der Waals surface area contributed by atoms with Crippen molar-refractivity contribution in [3.8, 4) is 11.4 Å². The maximum Gasteiger partial charge on any atom is 0.249 e. The van der Waals surface area contributed by atoms with Crippen LogP contribution in [0.1, 0.15) is 18.4 Å². The fourth-order valence-corrected chi connectivity index (χ4v) is 3.72. The first kappa shape index (κ1) is 19.1. The molecule has 2 aromatic carbocycles. The standard InChI is InChI=1S/C21H20ClN5O2/c22-16-10-5-4-9-15(16)19-23-21(26-25-19)24-20(29)17-11-6-12-27(17)18(28)13-14-7-2-1-3-8-14/h1-5,7-10,17H,6,11-13H2,(H2,23,24,25,26,29). The second-order valence-corrected chi connectivity index (χ2v) is 7.29. The zero-order valence-electron chi connectivity index (χ0n) is 15.6. The highest BCUT2D eigenvalue weighted by molar-refractivity contribution is 6.33. The highest BCUT2D eigenvalue weighted by atomic mass is 35.5. The largest absolute Gasteiger partial charge is 0.330 e. The molecule has 0 bridgehead atoms. The number of hydrogen-bond donors (Lipinski definition) is 2. The van der Waals surface area contributed by atoms with Gasteiger partial charge in [0.15, 0.2) is 5.82 Å². The van der Waals surface area contributed by atoms with E-state index in [9.17, 15) is 9.59 Å². The summed E-state index contributed by atoms with van der Waals surface area (Å²) in [4.78, 5) is 31.4. The number of aromatic amines is 1. The highest BCUT2D eigenvalue weighted by Crippen LogP contribution is 2.25. The van der Waals surface area contributed by atoms with Gasteiger partial charge in [-0.3, -0.25) is 20.0 Å². The summed E-state index contributed by atoms with van der Waals surface area (Å²) in [7, 11) is 0. The van der Waals surface area contributed by atoms with E-state index in [1.807, 2.05) is 48.5 Å². The molecule has 7 nitrogen and oxygen atoms in total. The molecule has 2 amide bonds. The number of aromatic nitrogens is 3. The number of halogens is 1. The first-order valence-electron chi connectivity index (χ1n) is 9.43. The maximum atomic E-state index is 12.8. The van der Waals surface area contributed by atoms with Crippen molar-refractivity contribution in [2.45, 2.75) is 25.3 Å². The predicted octanol–water partition coefficient (Wildman–Crippen LogP) is 3.30. The Hall–Kier alpha value is -3.19. The Labute approximate surface area is 173 Å². The van der Waals surface area contributed by atoms with E-state index in [2.05, 4.69) is 20.5 Å². The van der Waals surface area contributed by atoms with E-state index in [1.165, 1.54) is 0 Å². The number of amides is 2. The van der Waals surface area contributed by atoms with Crippen molar-refractivity contribution >= 4 is 29.4 Å². The molecule has 4 rings (SSSR count). The summed E-state index contributed by atoms with van der Waals surface area (Å²) in [5, 5.41) is 10.1. The number of nitrogens with one attached hydrogen (secondary N) is 2. The molecule has 1 atom stereocenters. The molecular weight excluding hydrogens is 390 g/mol. The smallest absolute Gasteiger partial charge is 0.249 e. The highest BCUT2D eigenvalue weighted by Gasteiger charge is 2.34. The van der Waals surface area contributed by atoms with Crippen LogP contribution in [0.4, 0.5) is 5.95 Å². The fourth-order valence-electron chi connectivity index (χ4n) is 3.49. The van der Waals surface area contributed by atoms with E-state index in [-0.39, 0.29) is 24.2 Å². The van der Waals surface area contributed by atoms with Crippen molar-refractivity contribution in [3.05, 3.63) is 65.2 Å². The molecule has 2 N–H and O–H groups in total. The van der Waals surface area contributed by atoms with Crippen molar-refractivity contribution in [2.75, 3.05) is 11.9 Å². The van der Waals surface area contributed by atoms with Crippen molar-refractivity contribution in [3.63, 3.8) is 0 Å². The summed E-state index contributed by atoms with van der Waals surface area (Å²) in [5.74, 6) is 0.288. The van der Waals surface area contributed by atoms with Gasteiger partial charge in [0.25, 0.3) is 0 Å². The third kappa shape index (κ3) is 4.30. The van der Waals surface area contributed by atoms with Crippen molar-refractivity contribution in [1.82, 2.24) is 20.1 Å². The second-order valence-electron chi connectivity index (χ2n) is 6.88. The van der Waals surface area contributed by atoms with Gasteiger partial charge in [0, 0.05) is 12.1 Å². The first-order valence-corrected chi connectivity index (χ1v) is 9.81. The summed E-state index contributed by atoms with van der Waals surface area (Å²) in [6.45, 7) is 0.572. The quantitative estimate of drug-likeness (QED) is 0.676. The van der Waals surface area contributed by atoms with Crippen LogP contribution in [0.15, 0.2) is 54.6 Å². The van der Waals surface area contributed by atoms with Crippen LogP contribution < -0.4 is 5.32 Å². The number of carbonyl (C=O) groups is 2. The van der Waals surface area contributed by atoms with Gasteiger partial charge in [-0.15, -0.1) is 5.10 Å². The van der Waals surface area contributed by atoms with E-state index in [4.69, 9.17) is 11.6 Å². The van der Waals surface area contributed by atoms with E-state index < -0.39 is 6.04 Å². The summed E-state index contributed by atoms with van der Waals surface area (Å²) in [6.07, 6.45) is 1.69. The van der Waals surface area contributed by atoms with Crippen LogP contribution in [0.25, 0.3) is 11.4 Å². The minimum Gasteiger partial charge on any atom is -0.330 e.